The Kier molecular flexibility index (Phi) is 2.98. The molecule has 0 radical (unpaired) electrons. The number of benzene rings is 1. The number of anilines is 2. The Balaban J connectivity index is 2.37. The first kappa shape index (κ1) is 11.5. The standard InChI is InChI=1S/C12H16ClFN2/c1-7-3-8(2)16(6-7)12-4-9(13)10(14)5-11(12)15/h4-5,7-8H,3,6,15H2,1-2H3. The Hall–Kier alpha value is -0.960. The van der Waals surface area contributed by atoms with Crippen molar-refractivity contribution in [3.05, 3.63) is 23.0 Å². The fraction of sp³-hybridized carbons (Fsp3) is 0.500. The molecule has 2 unspecified atom stereocenters. The van der Waals surface area contributed by atoms with Crippen molar-refractivity contribution in [2.45, 2.75) is 26.3 Å². The Morgan fingerprint density at radius 3 is 2.69 bits per heavy atom. The molecule has 0 saturated carbocycles. The van der Waals surface area contributed by atoms with Crippen LogP contribution in [0.5, 0.6) is 0 Å². The molecule has 0 spiro atoms. The van der Waals surface area contributed by atoms with Gasteiger partial charge in [0.1, 0.15) is 5.82 Å². The Morgan fingerprint density at radius 2 is 2.12 bits per heavy atom. The van der Waals surface area contributed by atoms with Gasteiger partial charge in [0.2, 0.25) is 0 Å². The lowest BCUT2D eigenvalue weighted by atomic mass is 10.1. The zero-order valence-corrected chi connectivity index (χ0v) is 10.3. The molecule has 1 heterocycles. The van der Waals surface area contributed by atoms with Crippen LogP contribution in [0.25, 0.3) is 0 Å². The largest absolute Gasteiger partial charge is 0.397 e. The van der Waals surface area contributed by atoms with Crippen LogP contribution < -0.4 is 10.6 Å². The van der Waals surface area contributed by atoms with Crippen molar-refractivity contribution in [2.24, 2.45) is 5.92 Å². The summed E-state index contributed by atoms with van der Waals surface area (Å²) < 4.78 is 13.2. The lowest BCUT2D eigenvalue weighted by Gasteiger charge is -2.25. The molecule has 4 heteroatoms. The normalized spacial score (nSPS) is 25.1. The second-order valence-corrected chi connectivity index (χ2v) is 5.07. The maximum Gasteiger partial charge on any atom is 0.143 e. The van der Waals surface area contributed by atoms with Crippen LogP contribution in [-0.2, 0) is 0 Å². The highest BCUT2D eigenvalue weighted by Gasteiger charge is 2.27. The number of rotatable bonds is 1. The third-order valence-electron chi connectivity index (χ3n) is 3.16. The number of hydrogen-bond donors (Lipinski definition) is 1. The summed E-state index contributed by atoms with van der Waals surface area (Å²) >= 11 is 5.79. The van der Waals surface area contributed by atoms with E-state index >= 15 is 0 Å². The van der Waals surface area contributed by atoms with Gasteiger partial charge in [-0.25, -0.2) is 4.39 Å². The molecule has 1 aliphatic heterocycles. The zero-order chi connectivity index (χ0) is 11.9. The number of nitrogens with two attached hydrogens (primary N) is 1. The average molecular weight is 243 g/mol. The summed E-state index contributed by atoms with van der Waals surface area (Å²) in [6.07, 6.45) is 1.13. The van der Waals surface area contributed by atoms with Crippen LogP contribution >= 0.6 is 11.6 Å². The molecule has 16 heavy (non-hydrogen) atoms. The van der Waals surface area contributed by atoms with Gasteiger partial charge in [0.25, 0.3) is 0 Å². The van der Waals surface area contributed by atoms with E-state index in [0.717, 1.165) is 18.7 Å². The minimum absolute atomic E-state index is 0.135. The first-order valence-corrected chi connectivity index (χ1v) is 5.88. The molecular formula is C12H16ClFN2. The van der Waals surface area contributed by atoms with Crippen LogP contribution in [0.2, 0.25) is 5.02 Å². The van der Waals surface area contributed by atoms with E-state index in [1.807, 2.05) is 0 Å². The minimum Gasteiger partial charge on any atom is -0.397 e. The highest BCUT2D eigenvalue weighted by Crippen LogP contribution is 2.35. The molecule has 2 N–H and O–H groups in total. The minimum atomic E-state index is -0.456. The van der Waals surface area contributed by atoms with Crippen molar-refractivity contribution in [1.82, 2.24) is 0 Å². The molecule has 2 atom stereocenters. The molecule has 1 aliphatic rings. The Morgan fingerprint density at radius 1 is 1.44 bits per heavy atom. The monoisotopic (exact) mass is 242 g/mol. The highest BCUT2D eigenvalue weighted by atomic mass is 35.5. The van der Waals surface area contributed by atoms with Gasteiger partial charge in [-0.3, -0.25) is 0 Å². The number of halogens is 2. The summed E-state index contributed by atoms with van der Waals surface area (Å²) in [7, 11) is 0. The number of nitrogens with zero attached hydrogens (tertiary/aromatic N) is 1. The molecule has 0 amide bonds. The lowest BCUT2D eigenvalue weighted by Crippen LogP contribution is -2.27. The van der Waals surface area contributed by atoms with Crippen molar-refractivity contribution in [3.8, 4) is 0 Å². The van der Waals surface area contributed by atoms with Crippen molar-refractivity contribution < 1.29 is 4.39 Å². The van der Waals surface area contributed by atoms with Crippen LogP contribution in [-0.4, -0.2) is 12.6 Å². The quantitative estimate of drug-likeness (QED) is 0.766. The van der Waals surface area contributed by atoms with E-state index < -0.39 is 5.82 Å². The van der Waals surface area contributed by atoms with Gasteiger partial charge in [-0.1, -0.05) is 18.5 Å². The maximum absolute atomic E-state index is 13.2. The fourth-order valence-electron chi connectivity index (χ4n) is 2.44. The molecule has 0 bridgehead atoms. The van der Waals surface area contributed by atoms with Crippen LogP contribution in [0.1, 0.15) is 20.3 Å². The molecule has 0 aliphatic carbocycles. The summed E-state index contributed by atoms with van der Waals surface area (Å²) in [5.41, 5.74) is 7.15. The topological polar surface area (TPSA) is 29.3 Å². The van der Waals surface area contributed by atoms with Crippen LogP contribution in [0.3, 0.4) is 0 Å². The highest BCUT2D eigenvalue weighted by molar-refractivity contribution is 6.31. The zero-order valence-electron chi connectivity index (χ0n) is 9.50. The predicted octanol–water partition coefficient (Wildman–Crippen LogP) is 3.30. The Bertz CT molecular complexity index is 408. The Labute approximate surface area is 100 Å². The van der Waals surface area contributed by atoms with Gasteiger partial charge in [-0.05, 0) is 25.3 Å². The fourth-order valence-corrected chi connectivity index (χ4v) is 2.59. The van der Waals surface area contributed by atoms with Crippen LogP contribution in [0.15, 0.2) is 12.1 Å². The van der Waals surface area contributed by atoms with Crippen molar-refractivity contribution in [2.75, 3.05) is 17.2 Å². The molecule has 1 aromatic carbocycles. The summed E-state index contributed by atoms with van der Waals surface area (Å²) in [5, 5.41) is 0.135. The van der Waals surface area contributed by atoms with Crippen molar-refractivity contribution in [3.63, 3.8) is 0 Å². The van der Waals surface area contributed by atoms with Gasteiger partial charge in [0.05, 0.1) is 16.4 Å². The SMILES string of the molecule is CC1CC(C)N(c2cc(Cl)c(F)cc2N)C1. The second kappa shape index (κ2) is 4.13. The van der Waals surface area contributed by atoms with Gasteiger partial charge in [0.15, 0.2) is 0 Å². The molecule has 1 fully saturated rings. The molecular weight excluding hydrogens is 227 g/mol. The first-order chi connectivity index (χ1) is 7.49. The molecule has 1 saturated heterocycles. The third-order valence-corrected chi connectivity index (χ3v) is 3.45. The number of hydrogen-bond acceptors (Lipinski definition) is 2. The first-order valence-electron chi connectivity index (χ1n) is 5.50. The third kappa shape index (κ3) is 1.96. The van der Waals surface area contributed by atoms with E-state index in [2.05, 4.69) is 18.7 Å². The van der Waals surface area contributed by atoms with E-state index in [9.17, 15) is 4.39 Å². The second-order valence-electron chi connectivity index (χ2n) is 4.67. The van der Waals surface area contributed by atoms with E-state index in [-0.39, 0.29) is 5.02 Å². The van der Waals surface area contributed by atoms with Gasteiger partial charge in [0, 0.05) is 18.7 Å². The summed E-state index contributed by atoms with van der Waals surface area (Å²) in [5.74, 6) is 0.182. The lowest BCUT2D eigenvalue weighted by molar-refractivity contribution is 0.624. The van der Waals surface area contributed by atoms with Crippen LogP contribution in [0.4, 0.5) is 15.8 Å². The average Bonchev–Trinajstić information content (AvgIpc) is 2.51. The molecule has 0 aromatic heterocycles. The summed E-state index contributed by atoms with van der Waals surface area (Å²) in [6, 6.07) is 3.35. The van der Waals surface area contributed by atoms with E-state index in [4.69, 9.17) is 17.3 Å². The maximum atomic E-state index is 13.2. The van der Waals surface area contributed by atoms with E-state index in [1.165, 1.54) is 6.07 Å². The van der Waals surface area contributed by atoms with Gasteiger partial charge in [-0.15, -0.1) is 0 Å². The van der Waals surface area contributed by atoms with Gasteiger partial charge < -0.3 is 10.6 Å². The van der Waals surface area contributed by atoms with Gasteiger partial charge >= 0.3 is 0 Å². The molecule has 2 nitrogen and oxygen atoms in total. The summed E-state index contributed by atoms with van der Waals surface area (Å²) in [4.78, 5) is 2.20. The van der Waals surface area contributed by atoms with Crippen molar-refractivity contribution >= 4 is 23.0 Å². The summed E-state index contributed by atoms with van der Waals surface area (Å²) in [6.45, 7) is 5.31. The van der Waals surface area contributed by atoms with E-state index in [1.54, 1.807) is 6.07 Å². The molecule has 88 valence electrons. The number of nitrogen functional groups attached to an aromatic ring is 1. The molecule has 2 rings (SSSR count). The molecule has 1 aromatic rings. The smallest absolute Gasteiger partial charge is 0.143 e. The van der Waals surface area contributed by atoms with Crippen LogP contribution in [0, 0.1) is 11.7 Å². The van der Waals surface area contributed by atoms with Gasteiger partial charge in [-0.2, -0.15) is 0 Å². The predicted molar refractivity (Wildman–Crippen MR) is 66.4 cm³/mol. The van der Waals surface area contributed by atoms with Crippen molar-refractivity contribution in [1.29, 1.82) is 0 Å². The van der Waals surface area contributed by atoms with E-state index in [0.29, 0.717) is 17.6 Å².